The minimum absolute atomic E-state index is 0.328. The maximum absolute atomic E-state index is 11.4. The summed E-state index contributed by atoms with van der Waals surface area (Å²) in [6.07, 6.45) is 4.08. The lowest BCUT2D eigenvalue weighted by molar-refractivity contribution is 0.172. The number of anilines is 1. The number of benzene rings is 2. The van der Waals surface area contributed by atoms with Crippen LogP contribution in [0.3, 0.4) is 0 Å². The number of ether oxygens (including phenoxy) is 1. The van der Waals surface area contributed by atoms with Crippen LogP contribution in [0.25, 0.3) is 10.9 Å². The van der Waals surface area contributed by atoms with E-state index >= 15 is 0 Å². The molecule has 9 heteroatoms. The van der Waals surface area contributed by atoms with E-state index in [1.54, 1.807) is 24.3 Å². The molecule has 1 atom stereocenters. The fourth-order valence-corrected chi connectivity index (χ4v) is 4.29. The van der Waals surface area contributed by atoms with E-state index in [1.165, 1.54) is 30.3 Å². The van der Waals surface area contributed by atoms with Crippen molar-refractivity contribution >= 4 is 26.6 Å². The van der Waals surface area contributed by atoms with Gasteiger partial charge in [-0.2, -0.15) is 5.10 Å². The number of hydrogen-bond acceptors (Lipinski definition) is 6. The van der Waals surface area contributed by atoms with Crippen LogP contribution in [0.1, 0.15) is 42.5 Å². The number of sulfonamides is 1. The highest BCUT2D eigenvalue weighted by Gasteiger charge is 2.23. The number of nitrogens with one attached hydrogen (secondary N) is 3. The fraction of sp³-hybridized carbons (Fsp3) is 0.409. The molecule has 1 aliphatic carbocycles. The van der Waals surface area contributed by atoms with Crippen LogP contribution in [0.5, 0.6) is 5.75 Å². The minimum Gasteiger partial charge on any atom is -0.492 e. The lowest BCUT2D eigenvalue weighted by Gasteiger charge is -2.24. The maximum atomic E-state index is 11.4. The third-order valence-electron chi connectivity index (χ3n) is 5.53. The summed E-state index contributed by atoms with van der Waals surface area (Å²) in [6, 6.07) is 12.7. The van der Waals surface area contributed by atoms with E-state index in [4.69, 9.17) is 4.74 Å². The molecule has 0 aliphatic heterocycles. The van der Waals surface area contributed by atoms with Gasteiger partial charge in [0, 0.05) is 41.8 Å². The lowest BCUT2D eigenvalue weighted by atomic mass is 9.82. The van der Waals surface area contributed by atoms with Gasteiger partial charge >= 0.3 is 0 Å². The third kappa shape index (κ3) is 5.55. The average Bonchev–Trinajstić information content (AvgIpc) is 3.08. The zero-order chi connectivity index (χ0) is 21.8. The Labute approximate surface area is 182 Å². The van der Waals surface area contributed by atoms with E-state index in [9.17, 15) is 13.5 Å². The van der Waals surface area contributed by atoms with Crippen LogP contribution >= 0.6 is 0 Å². The topological polar surface area (TPSA) is 116 Å². The van der Waals surface area contributed by atoms with Gasteiger partial charge in [-0.1, -0.05) is 18.6 Å². The fourth-order valence-electron chi connectivity index (χ4n) is 3.73. The largest absolute Gasteiger partial charge is 0.492 e. The van der Waals surface area contributed by atoms with Crippen LogP contribution in [0, 0.1) is 0 Å². The summed E-state index contributed by atoms with van der Waals surface area (Å²) in [5.41, 5.74) is 3.22. The molecule has 0 radical (unpaired) electrons. The van der Waals surface area contributed by atoms with Crippen molar-refractivity contribution in [1.82, 2.24) is 15.5 Å². The Hall–Kier alpha value is -2.62. The second-order valence-electron chi connectivity index (χ2n) is 8.01. The molecule has 0 bridgehead atoms. The van der Waals surface area contributed by atoms with E-state index < -0.39 is 16.1 Å². The van der Waals surface area contributed by atoms with E-state index in [1.807, 2.05) is 12.1 Å². The second-order valence-corrected chi connectivity index (χ2v) is 9.76. The molecule has 0 amide bonds. The summed E-state index contributed by atoms with van der Waals surface area (Å²) in [5, 5.41) is 22.3. The molecule has 4 N–H and O–H groups in total. The van der Waals surface area contributed by atoms with E-state index in [2.05, 4.69) is 26.3 Å². The van der Waals surface area contributed by atoms with Gasteiger partial charge in [0.15, 0.2) is 0 Å². The highest BCUT2D eigenvalue weighted by atomic mass is 32.2. The molecular formula is C22H28N4O4S. The molecule has 8 nitrogen and oxygen atoms in total. The molecule has 3 aromatic rings. The van der Waals surface area contributed by atoms with Crippen LogP contribution in [-0.4, -0.2) is 49.7 Å². The molecule has 31 heavy (non-hydrogen) atoms. The van der Waals surface area contributed by atoms with Gasteiger partial charge in [0.25, 0.3) is 0 Å². The molecule has 0 spiro atoms. The molecule has 1 aliphatic rings. The van der Waals surface area contributed by atoms with E-state index in [-0.39, 0.29) is 0 Å². The van der Waals surface area contributed by atoms with Gasteiger partial charge in [0.1, 0.15) is 12.4 Å². The second kappa shape index (κ2) is 9.25. The first kappa shape index (κ1) is 21.6. The van der Waals surface area contributed by atoms with Crippen molar-refractivity contribution in [3.8, 4) is 5.75 Å². The van der Waals surface area contributed by atoms with Crippen molar-refractivity contribution in [3.05, 3.63) is 53.7 Å². The van der Waals surface area contributed by atoms with Gasteiger partial charge in [-0.15, -0.1) is 0 Å². The normalized spacial score (nSPS) is 15.5. The summed E-state index contributed by atoms with van der Waals surface area (Å²) in [5.74, 6) is 1.37. The first-order valence-corrected chi connectivity index (χ1v) is 12.4. The lowest BCUT2D eigenvalue weighted by Crippen LogP contribution is -2.26. The third-order valence-corrected chi connectivity index (χ3v) is 6.14. The van der Waals surface area contributed by atoms with Crippen LogP contribution in [0.4, 0.5) is 5.69 Å². The van der Waals surface area contributed by atoms with Crippen molar-refractivity contribution in [3.63, 3.8) is 0 Å². The zero-order valence-corrected chi connectivity index (χ0v) is 18.3. The van der Waals surface area contributed by atoms with Crippen molar-refractivity contribution in [2.24, 2.45) is 0 Å². The smallest absolute Gasteiger partial charge is 0.229 e. The molecule has 4 rings (SSSR count). The summed E-state index contributed by atoms with van der Waals surface area (Å²) < 4.78 is 30.9. The van der Waals surface area contributed by atoms with Gasteiger partial charge in [0.2, 0.25) is 10.0 Å². The van der Waals surface area contributed by atoms with Crippen LogP contribution in [0.15, 0.2) is 42.5 Å². The first-order chi connectivity index (χ1) is 14.9. The van der Waals surface area contributed by atoms with Crippen LogP contribution in [0.2, 0.25) is 0 Å². The Kier molecular flexibility index (Phi) is 6.45. The van der Waals surface area contributed by atoms with Crippen molar-refractivity contribution in [2.45, 2.75) is 31.3 Å². The minimum atomic E-state index is -3.36. The SMILES string of the molecule is CS(=O)(=O)Nc1cccc(C(O)CNCCOc2ccc3c(C4CCC4)[nH]nc3c2)c1. The summed E-state index contributed by atoms with van der Waals surface area (Å²) in [4.78, 5) is 0. The molecule has 0 saturated heterocycles. The predicted octanol–water partition coefficient (Wildman–Crippen LogP) is 2.90. The Morgan fingerprint density at radius 3 is 2.84 bits per heavy atom. The van der Waals surface area contributed by atoms with Gasteiger partial charge in [-0.05, 0) is 42.7 Å². The highest BCUT2D eigenvalue weighted by molar-refractivity contribution is 7.92. The number of aromatic amines is 1. The Bertz CT molecular complexity index is 1140. The van der Waals surface area contributed by atoms with Gasteiger partial charge in [-0.3, -0.25) is 9.82 Å². The molecular weight excluding hydrogens is 416 g/mol. The van der Waals surface area contributed by atoms with Crippen molar-refractivity contribution < 1.29 is 18.3 Å². The number of H-pyrrole nitrogens is 1. The van der Waals surface area contributed by atoms with Gasteiger partial charge < -0.3 is 15.2 Å². The number of hydrogen-bond donors (Lipinski definition) is 4. The van der Waals surface area contributed by atoms with Gasteiger partial charge in [0.05, 0.1) is 17.9 Å². The number of nitrogens with zero attached hydrogens (tertiary/aromatic N) is 1. The van der Waals surface area contributed by atoms with Crippen molar-refractivity contribution in [1.29, 1.82) is 0 Å². The Balaban J connectivity index is 1.23. The van der Waals surface area contributed by atoms with Crippen molar-refractivity contribution in [2.75, 3.05) is 30.7 Å². The van der Waals surface area contributed by atoms with Crippen LogP contribution < -0.4 is 14.8 Å². The van der Waals surface area contributed by atoms with E-state index in [0.29, 0.717) is 36.9 Å². The zero-order valence-electron chi connectivity index (χ0n) is 17.5. The number of rotatable bonds is 10. The maximum Gasteiger partial charge on any atom is 0.229 e. The Morgan fingerprint density at radius 2 is 2.10 bits per heavy atom. The van der Waals surface area contributed by atoms with Gasteiger partial charge in [-0.25, -0.2) is 8.42 Å². The number of fused-ring (bicyclic) bond motifs is 1. The molecule has 2 aromatic carbocycles. The van der Waals surface area contributed by atoms with Crippen LogP contribution in [-0.2, 0) is 10.0 Å². The predicted molar refractivity (Wildman–Crippen MR) is 121 cm³/mol. The standard InChI is InChI=1S/C22H28N4O4S/c1-31(28,29)26-17-7-3-6-16(12-17)21(27)14-23-10-11-30-18-8-9-19-20(13-18)24-25-22(19)15-4-2-5-15/h3,6-9,12-13,15,21,23,26-27H,2,4-5,10-11,14H2,1H3,(H,24,25). The molecule has 166 valence electrons. The summed E-state index contributed by atoms with van der Waals surface area (Å²) in [6.45, 7) is 1.34. The summed E-state index contributed by atoms with van der Waals surface area (Å²) >= 11 is 0. The monoisotopic (exact) mass is 444 g/mol. The van der Waals surface area contributed by atoms with E-state index in [0.717, 1.165) is 17.5 Å². The number of aromatic nitrogens is 2. The quantitative estimate of drug-likeness (QED) is 0.357. The molecule has 1 aromatic heterocycles. The number of aliphatic hydroxyl groups excluding tert-OH is 1. The number of aliphatic hydroxyl groups is 1. The first-order valence-electron chi connectivity index (χ1n) is 10.5. The Morgan fingerprint density at radius 1 is 1.26 bits per heavy atom. The molecule has 1 unspecified atom stereocenters. The molecule has 1 saturated carbocycles. The highest BCUT2D eigenvalue weighted by Crippen LogP contribution is 2.38. The average molecular weight is 445 g/mol. The molecule has 1 heterocycles. The summed E-state index contributed by atoms with van der Waals surface area (Å²) in [7, 11) is -3.36. The molecule has 1 fully saturated rings.